The van der Waals surface area contributed by atoms with Crippen LogP contribution in [0.1, 0.15) is 34.6 Å². The molecule has 15 heavy (non-hydrogen) atoms. The highest BCUT2D eigenvalue weighted by atomic mass is 16.6. The molecule has 1 unspecified atom stereocenters. The second-order valence-corrected chi connectivity index (χ2v) is 5.49. The number of aliphatic hydroxyl groups excluding tert-OH is 1. The molecule has 0 aliphatic carbocycles. The Kier molecular flexibility index (Phi) is 4.12. The van der Waals surface area contributed by atoms with E-state index in [0.717, 1.165) is 13.1 Å². The lowest BCUT2D eigenvalue weighted by Crippen LogP contribution is -2.62. The van der Waals surface area contributed by atoms with Crippen molar-refractivity contribution in [3.63, 3.8) is 0 Å². The van der Waals surface area contributed by atoms with Crippen molar-refractivity contribution in [1.29, 1.82) is 0 Å². The SMILES string of the molecule is CC(C)N1CC(NC(O)OC(C)(C)C)C1. The molecular weight excluding hydrogens is 192 g/mol. The zero-order valence-corrected chi connectivity index (χ0v) is 10.4. The zero-order chi connectivity index (χ0) is 11.6. The minimum absolute atomic E-state index is 0.312. The van der Waals surface area contributed by atoms with Gasteiger partial charge >= 0.3 is 0 Å². The van der Waals surface area contributed by atoms with Gasteiger partial charge < -0.3 is 9.84 Å². The Morgan fingerprint density at radius 2 is 1.87 bits per heavy atom. The van der Waals surface area contributed by atoms with Crippen molar-refractivity contribution >= 4 is 0 Å². The fourth-order valence-corrected chi connectivity index (χ4v) is 1.61. The summed E-state index contributed by atoms with van der Waals surface area (Å²) in [6.07, 6.45) is -0.857. The van der Waals surface area contributed by atoms with E-state index in [2.05, 4.69) is 24.1 Å². The van der Waals surface area contributed by atoms with E-state index in [4.69, 9.17) is 4.74 Å². The molecular formula is C11H24N2O2. The summed E-state index contributed by atoms with van der Waals surface area (Å²) < 4.78 is 5.37. The summed E-state index contributed by atoms with van der Waals surface area (Å²) in [5.41, 5.74) is -0.312. The Morgan fingerprint density at radius 3 is 2.27 bits per heavy atom. The molecule has 1 saturated heterocycles. The van der Waals surface area contributed by atoms with E-state index in [1.165, 1.54) is 0 Å². The minimum Gasteiger partial charge on any atom is -0.356 e. The first kappa shape index (κ1) is 12.9. The Balaban J connectivity index is 2.16. The monoisotopic (exact) mass is 216 g/mol. The number of nitrogens with one attached hydrogen (secondary N) is 1. The van der Waals surface area contributed by atoms with Gasteiger partial charge in [-0.3, -0.25) is 10.2 Å². The Labute approximate surface area is 92.6 Å². The van der Waals surface area contributed by atoms with Gasteiger partial charge in [-0.15, -0.1) is 0 Å². The van der Waals surface area contributed by atoms with Gasteiger partial charge in [-0.1, -0.05) is 0 Å². The van der Waals surface area contributed by atoms with Crippen molar-refractivity contribution in [2.24, 2.45) is 0 Å². The van der Waals surface area contributed by atoms with Gasteiger partial charge in [-0.05, 0) is 34.6 Å². The summed E-state index contributed by atoms with van der Waals surface area (Å²) in [7, 11) is 0. The van der Waals surface area contributed by atoms with Crippen LogP contribution in [0.25, 0.3) is 0 Å². The summed E-state index contributed by atoms with van der Waals surface area (Å²) in [4.78, 5) is 2.35. The average molecular weight is 216 g/mol. The molecule has 0 aromatic heterocycles. The van der Waals surface area contributed by atoms with E-state index in [9.17, 15) is 5.11 Å². The third-order valence-corrected chi connectivity index (χ3v) is 2.48. The smallest absolute Gasteiger partial charge is 0.214 e. The fraction of sp³-hybridized carbons (Fsp3) is 1.00. The standard InChI is InChI=1S/C11H24N2O2/c1-8(2)13-6-9(7-13)12-10(14)15-11(3,4)5/h8-10,12,14H,6-7H2,1-5H3. The number of rotatable bonds is 4. The van der Waals surface area contributed by atoms with E-state index in [1.54, 1.807) is 0 Å². The van der Waals surface area contributed by atoms with Crippen LogP contribution in [-0.4, -0.2) is 47.2 Å². The van der Waals surface area contributed by atoms with Gasteiger partial charge in [0.2, 0.25) is 6.41 Å². The lowest BCUT2D eigenvalue weighted by atomic mass is 10.1. The Bertz CT molecular complexity index is 195. The topological polar surface area (TPSA) is 44.7 Å². The van der Waals surface area contributed by atoms with Crippen molar-refractivity contribution in [1.82, 2.24) is 10.2 Å². The molecule has 1 rings (SSSR count). The Hall–Kier alpha value is -0.160. The van der Waals surface area contributed by atoms with Crippen molar-refractivity contribution in [3.8, 4) is 0 Å². The van der Waals surface area contributed by atoms with Crippen LogP contribution in [0, 0.1) is 0 Å². The first-order chi connectivity index (χ1) is 6.78. The normalized spacial score (nSPS) is 21.8. The third kappa shape index (κ3) is 4.47. The van der Waals surface area contributed by atoms with E-state index >= 15 is 0 Å². The van der Waals surface area contributed by atoms with E-state index in [0.29, 0.717) is 12.1 Å². The Morgan fingerprint density at radius 1 is 1.33 bits per heavy atom. The van der Waals surface area contributed by atoms with Crippen LogP contribution in [0.15, 0.2) is 0 Å². The molecule has 1 aliphatic rings. The van der Waals surface area contributed by atoms with Crippen LogP contribution < -0.4 is 5.32 Å². The molecule has 0 bridgehead atoms. The minimum atomic E-state index is -0.857. The van der Waals surface area contributed by atoms with Gasteiger partial charge in [-0.25, -0.2) is 0 Å². The van der Waals surface area contributed by atoms with Crippen molar-refractivity contribution in [2.45, 2.75) is 58.7 Å². The second kappa shape index (κ2) is 4.78. The summed E-state index contributed by atoms with van der Waals surface area (Å²) in [6, 6.07) is 0.938. The fourth-order valence-electron chi connectivity index (χ4n) is 1.61. The number of hydrogen-bond donors (Lipinski definition) is 2. The van der Waals surface area contributed by atoms with Crippen LogP contribution in [-0.2, 0) is 4.74 Å². The van der Waals surface area contributed by atoms with Crippen LogP contribution >= 0.6 is 0 Å². The van der Waals surface area contributed by atoms with Gasteiger partial charge in [0.25, 0.3) is 0 Å². The van der Waals surface area contributed by atoms with Crippen LogP contribution in [0.2, 0.25) is 0 Å². The third-order valence-electron chi connectivity index (χ3n) is 2.48. The number of likely N-dealkylation sites (tertiary alicyclic amines) is 1. The lowest BCUT2D eigenvalue weighted by molar-refractivity contribution is -0.191. The van der Waals surface area contributed by atoms with Gasteiger partial charge in [0.1, 0.15) is 0 Å². The number of hydrogen-bond acceptors (Lipinski definition) is 4. The highest BCUT2D eigenvalue weighted by molar-refractivity contribution is 4.87. The van der Waals surface area contributed by atoms with Crippen LogP contribution in [0.3, 0.4) is 0 Å². The number of ether oxygens (including phenoxy) is 1. The summed E-state index contributed by atoms with van der Waals surface area (Å²) in [5.74, 6) is 0. The zero-order valence-electron chi connectivity index (χ0n) is 10.4. The van der Waals surface area contributed by atoms with Gasteiger partial charge in [0.05, 0.1) is 5.60 Å². The molecule has 0 aromatic carbocycles. The summed E-state index contributed by atoms with van der Waals surface area (Å²) >= 11 is 0. The molecule has 1 aliphatic heterocycles. The molecule has 4 heteroatoms. The van der Waals surface area contributed by atoms with Crippen molar-refractivity contribution < 1.29 is 9.84 Å². The highest BCUT2D eigenvalue weighted by Gasteiger charge is 2.30. The van der Waals surface area contributed by atoms with Gasteiger partial charge in [0, 0.05) is 25.2 Å². The largest absolute Gasteiger partial charge is 0.356 e. The molecule has 90 valence electrons. The molecule has 0 radical (unpaired) electrons. The number of aliphatic hydroxyl groups is 1. The second-order valence-electron chi connectivity index (χ2n) is 5.49. The molecule has 1 fully saturated rings. The van der Waals surface area contributed by atoms with E-state index in [1.807, 2.05) is 20.8 Å². The van der Waals surface area contributed by atoms with E-state index < -0.39 is 6.41 Å². The lowest BCUT2D eigenvalue weighted by Gasteiger charge is -2.43. The van der Waals surface area contributed by atoms with Crippen LogP contribution in [0.5, 0.6) is 0 Å². The molecule has 0 spiro atoms. The van der Waals surface area contributed by atoms with E-state index in [-0.39, 0.29) is 5.60 Å². The van der Waals surface area contributed by atoms with Crippen molar-refractivity contribution in [3.05, 3.63) is 0 Å². The maximum Gasteiger partial charge on any atom is 0.214 e. The molecule has 0 amide bonds. The maximum atomic E-state index is 9.59. The average Bonchev–Trinajstić information content (AvgIpc) is 1.91. The predicted octanol–water partition coefficient (Wildman–Crippen LogP) is 0.760. The van der Waals surface area contributed by atoms with Crippen molar-refractivity contribution in [2.75, 3.05) is 13.1 Å². The summed E-state index contributed by atoms with van der Waals surface area (Å²) in [5, 5.41) is 12.6. The molecule has 2 N–H and O–H groups in total. The van der Waals surface area contributed by atoms with Gasteiger partial charge in [-0.2, -0.15) is 0 Å². The number of nitrogens with zero attached hydrogens (tertiary/aromatic N) is 1. The molecule has 0 saturated carbocycles. The molecule has 1 atom stereocenters. The predicted molar refractivity (Wildman–Crippen MR) is 60.5 cm³/mol. The molecule has 4 nitrogen and oxygen atoms in total. The van der Waals surface area contributed by atoms with Crippen LogP contribution in [0.4, 0.5) is 0 Å². The quantitative estimate of drug-likeness (QED) is 0.681. The highest BCUT2D eigenvalue weighted by Crippen LogP contribution is 2.14. The molecule has 1 heterocycles. The van der Waals surface area contributed by atoms with Gasteiger partial charge in [0.15, 0.2) is 0 Å². The first-order valence-electron chi connectivity index (χ1n) is 5.64. The summed E-state index contributed by atoms with van der Waals surface area (Å²) in [6.45, 7) is 12.1. The maximum absolute atomic E-state index is 9.59. The first-order valence-corrected chi connectivity index (χ1v) is 5.64. The molecule has 0 aromatic rings.